The zero-order valence-corrected chi connectivity index (χ0v) is 24.5. The molecule has 3 aromatic rings. The van der Waals surface area contributed by atoms with E-state index in [9.17, 15) is 10.2 Å². The van der Waals surface area contributed by atoms with Gasteiger partial charge < -0.3 is 14.9 Å². The van der Waals surface area contributed by atoms with Crippen LogP contribution in [0.3, 0.4) is 0 Å². The van der Waals surface area contributed by atoms with Crippen LogP contribution in [0.4, 0.5) is 0 Å². The summed E-state index contributed by atoms with van der Waals surface area (Å²) in [6, 6.07) is 25.8. The molecule has 1 fully saturated rings. The largest absolute Gasteiger partial charge is 0.394 e. The maximum absolute atomic E-state index is 11.1. The normalized spacial score (nSPS) is 20.8. The van der Waals surface area contributed by atoms with E-state index in [4.69, 9.17) is 27.9 Å². The number of hydrogen-bond donors (Lipinski definition) is 2. The molecule has 38 heavy (non-hydrogen) atoms. The monoisotopic (exact) mass is 600 g/mol. The fourth-order valence-corrected chi connectivity index (χ4v) is 5.42. The summed E-state index contributed by atoms with van der Waals surface area (Å²) in [5, 5.41) is 22.3. The Morgan fingerprint density at radius 3 is 1.87 bits per heavy atom. The lowest BCUT2D eigenvalue weighted by molar-refractivity contribution is -0.0322. The predicted molar refractivity (Wildman–Crippen MR) is 160 cm³/mol. The van der Waals surface area contributed by atoms with Gasteiger partial charge in [0.2, 0.25) is 0 Å². The number of aliphatic hydroxyl groups is 2. The van der Waals surface area contributed by atoms with E-state index in [-0.39, 0.29) is 43.6 Å². The van der Waals surface area contributed by atoms with Crippen LogP contribution in [0, 0.1) is 0 Å². The third-order valence-corrected chi connectivity index (χ3v) is 7.25. The topological polar surface area (TPSA) is 56.2 Å². The summed E-state index contributed by atoms with van der Waals surface area (Å²) in [6.45, 7) is 2.45. The maximum Gasteiger partial charge on any atom is 0.109 e. The molecule has 1 saturated heterocycles. The van der Waals surface area contributed by atoms with Crippen LogP contribution < -0.4 is 0 Å². The van der Waals surface area contributed by atoms with Crippen LogP contribution in [0.5, 0.6) is 0 Å². The molecule has 1 aliphatic rings. The van der Waals surface area contributed by atoms with Gasteiger partial charge in [-0.2, -0.15) is 0 Å². The molecule has 4 atom stereocenters. The van der Waals surface area contributed by atoms with Crippen LogP contribution >= 0.6 is 48.0 Å². The predicted octanol–water partition coefficient (Wildman–Crippen LogP) is 5.50. The fourth-order valence-electron chi connectivity index (χ4n) is 5.00. The second kappa shape index (κ2) is 16.0. The molecular weight excluding hydrogens is 566 g/mol. The number of likely N-dealkylation sites (N-methyl/N-ethyl adjacent to an activating group) is 1. The van der Waals surface area contributed by atoms with Crippen LogP contribution in [0.1, 0.15) is 16.7 Å². The number of ether oxygens (including phenoxy) is 1. The summed E-state index contributed by atoms with van der Waals surface area (Å²) >= 11 is 12.5. The molecule has 2 N–H and O–H groups in total. The molecular formula is C29H36Cl4N2O3. The lowest BCUT2D eigenvalue weighted by Crippen LogP contribution is -2.50. The van der Waals surface area contributed by atoms with Gasteiger partial charge in [0.1, 0.15) is 12.2 Å². The summed E-state index contributed by atoms with van der Waals surface area (Å²) in [5.74, 6) is 0. The van der Waals surface area contributed by atoms with E-state index in [1.807, 2.05) is 61.6 Å². The van der Waals surface area contributed by atoms with Crippen molar-refractivity contribution >= 4 is 48.0 Å². The van der Waals surface area contributed by atoms with Crippen molar-refractivity contribution in [1.29, 1.82) is 0 Å². The molecule has 5 nitrogen and oxygen atoms in total. The van der Waals surface area contributed by atoms with E-state index in [1.165, 1.54) is 5.56 Å². The van der Waals surface area contributed by atoms with E-state index in [1.54, 1.807) is 0 Å². The molecule has 0 unspecified atom stereocenters. The van der Waals surface area contributed by atoms with Gasteiger partial charge in [0.15, 0.2) is 0 Å². The average molecular weight is 602 g/mol. The van der Waals surface area contributed by atoms with Gasteiger partial charge in [0, 0.05) is 36.2 Å². The Hall–Kier alpha value is -1.38. The number of benzene rings is 3. The molecule has 0 saturated carbocycles. The van der Waals surface area contributed by atoms with Gasteiger partial charge in [0.25, 0.3) is 0 Å². The van der Waals surface area contributed by atoms with Gasteiger partial charge in [-0.1, -0.05) is 77.8 Å². The smallest absolute Gasteiger partial charge is 0.109 e. The number of hydrogen-bond acceptors (Lipinski definition) is 5. The molecule has 0 aliphatic carbocycles. The van der Waals surface area contributed by atoms with Crippen molar-refractivity contribution in [2.75, 3.05) is 26.7 Å². The van der Waals surface area contributed by atoms with Gasteiger partial charge in [-0.05, 0) is 54.4 Å². The van der Waals surface area contributed by atoms with Crippen LogP contribution in [-0.2, 0) is 24.2 Å². The van der Waals surface area contributed by atoms with Crippen LogP contribution in [-0.4, -0.2) is 71.1 Å². The minimum absolute atomic E-state index is 0. The quantitative estimate of drug-likeness (QED) is 0.304. The highest BCUT2D eigenvalue weighted by Gasteiger charge is 2.45. The molecule has 208 valence electrons. The fraction of sp³-hybridized carbons (Fsp3) is 0.379. The van der Waals surface area contributed by atoms with Crippen molar-refractivity contribution in [2.24, 2.45) is 0 Å². The SMILES string of the molecule is CN(CCc1ccccc1)[C@@H]1[C@H](O)[C@H](CO)O[C@@H]1CN(Cc1cccc(Cl)c1)Cc1cccc(Cl)c1.Cl.Cl. The van der Waals surface area contributed by atoms with E-state index in [0.29, 0.717) is 29.7 Å². The Kier molecular flexibility index (Phi) is 13.8. The first-order chi connectivity index (χ1) is 17.4. The lowest BCUT2D eigenvalue weighted by atomic mass is 10.0. The second-order valence-electron chi connectivity index (χ2n) is 9.52. The summed E-state index contributed by atoms with van der Waals surface area (Å²) in [7, 11) is 2.02. The Balaban J connectivity index is 0.00000253. The zero-order valence-electron chi connectivity index (χ0n) is 21.3. The van der Waals surface area contributed by atoms with Gasteiger partial charge in [0.05, 0.1) is 18.8 Å². The van der Waals surface area contributed by atoms with Crippen molar-refractivity contribution < 1.29 is 14.9 Å². The molecule has 0 amide bonds. The van der Waals surface area contributed by atoms with Crippen LogP contribution in [0.25, 0.3) is 0 Å². The summed E-state index contributed by atoms with van der Waals surface area (Å²) in [6.07, 6.45) is -0.805. The highest BCUT2D eigenvalue weighted by molar-refractivity contribution is 6.30. The summed E-state index contributed by atoms with van der Waals surface area (Å²) in [4.78, 5) is 4.45. The molecule has 1 heterocycles. The second-order valence-corrected chi connectivity index (χ2v) is 10.4. The van der Waals surface area contributed by atoms with E-state index < -0.39 is 12.2 Å². The highest BCUT2D eigenvalue weighted by Crippen LogP contribution is 2.28. The van der Waals surface area contributed by atoms with Gasteiger partial charge in [-0.15, -0.1) is 24.8 Å². The minimum Gasteiger partial charge on any atom is -0.394 e. The van der Waals surface area contributed by atoms with Crippen molar-refractivity contribution in [3.8, 4) is 0 Å². The molecule has 3 aromatic carbocycles. The first-order valence-corrected chi connectivity index (χ1v) is 13.1. The molecule has 1 aliphatic heterocycles. The number of rotatable bonds is 11. The van der Waals surface area contributed by atoms with Crippen LogP contribution in [0.2, 0.25) is 10.0 Å². The van der Waals surface area contributed by atoms with Gasteiger partial charge in [-0.3, -0.25) is 9.80 Å². The Labute approximate surface area is 248 Å². The van der Waals surface area contributed by atoms with Crippen molar-refractivity contribution in [1.82, 2.24) is 9.80 Å². The standard InChI is InChI=1S/C29H34Cl2N2O3.2ClH/c1-32(14-13-21-7-3-2-4-8-21)28-26(36-27(20-34)29(28)35)19-33(17-22-9-5-11-24(30)15-22)18-23-10-6-12-25(31)16-23;;/h2-12,15-16,26-29,34-35H,13-14,17-20H2,1H3;2*1H/t26-,27+,28+,29-;;/m1../s1. The molecule has 4 rings (SSSR count). The molecule has 0 aromatic heterocycles. The average Bonchev–Trinajstić information content (AvgIpc) is 3.18. The van der Waals surface area contributed by atoms with Gasteiger partial charge >= 0.3 is 0 Å². The Bertz CT molecular complexity index is 1060. The van der Waals surface area contributed by atoms with Gasteiger partial charge in [-0.25, -0.2) is 0 Å². The van der Waals surface area contributed by atoms with Crippen molar-refractivity contribution in [2.45, 2.75) is 43.9 Å². The third kappa shape index (κ3) is 9.09. The van der Waals surface area contributed by atoms with Crippen molar-refractivity contribution in [3.63, 3.8) is 0 Å². The van der Waals surface area contributed by atoms with E-state index >= 15 is 0 Å². The number of aliphatic hydroxyl groups excluding tert-OH is 2. The number of halogens is 4. The maximum atomic E-state index is 11.1. The van der Waals surface area contributed by atoms with Crippen LogP contribution in [0.15, 0.2) is 78.9 Å². The summed E-state index contributed by atoms with van der Waals surface area (Å²) in [5.41, 5.74) is 3.43. The summed E-state index contributed by atoms with van der Waals surface area (Å²) < 4.78 is 6.23. The molecule has 9 heteroatoms. The Morgan fingerprint density at radius 1 is 0.789 bits per heavy atom. The highest BCUT2D eigenvalue weighted by atomic mass is 35.5. The first kappa shape index (κ1) is 32.8. The molecule has 0 radical (unpaired) electrons. The minimum atomic E-state index is -0.778. The number of nitrogens with zero attached hydrogens (tertiary/aromatic N) is 2. The first-order valence-electron chi connectivity index (χ1n) is 12.3. The third-order valence-electron chi connectivity index (χ3n) is 6.77. The Morgan fingerprint density at radius 2 is 1.34 bits per heavy atom. The lowest BCUT2D eigenvalue weighted by Gasteiger charge is -2.33. The molecule has 0 bridgehead atoms. The zero-order chi connectivity index (χ0) is 25.5. The van der Waals surface area contributed by atoms with E-state index in [2.05, 4.69) is 34.1 Å². The van der Waals surface area contributed by atoms with E-state index in [0.717, 1.165) is 24.1 Å². The molecule has 0 spiro atoms. The van der Waals surface area contributed by atoms with Crippen molar-refractivity contribution in [3.05, 3.63) is 106 Å².